The highest BCUT2D eigenvalue weighted by atomic mass is 16.5. The molecule has 1 heterocycles. The largest absolute Gasteiger partial charge is 0.481 e. The van der Waals surface area contributed by atoms with Crippen LogP contribution in [0.2, 0.25) is 0 Å². The van der Waals surface area contributed by atoms with E-state index in [2.05, 4.69) is 57.1 Å². The first kappa shape index (κ1) is 55.8. The Morgan fingerprint density at radius 3 is 1.92 bits per heavy atom. The lowest BCUT2D eigenvalue weighted by molar-refractivity contribution is -0.157. The van der Waals surface area contributed by atoms with Gasteiger partial charge in [-0.2, -0.15) is 0 Å². The molecule has 1 aromatic rings. The van der Waals surface area contributed by atoms with E-state index in [9.17, 15) is 48.3 Å². The number of cyclic esters (lactones) is 1. The van der Waals surface area contributed by atoms with E-state index in [4.69, 9.17) is 10.5 Å². The van der Waals surface area contributed by atoms with Crippen molar-refractivity contribution in [2.24, 2.45) is 35.3 Å². The van der Waals surface area contributed by atoms with Gasteiger partial charge in [-0.05, 0) is 67.6 Å². The number of carboxylic acid groups (broad SMARTS) is 1. The Morgan fingerprint density at radius 1 is 0.758 bits per heavy atom. The molecule has 0 radical (unpaired) electrons. The van der Waals surface area contributed by atoms with Gasteiger partial charge in [-0.3, -0.25) is 38.4 Å². The minimum Gasteiger partial charge on any atom is -0.481 e. The van der Waals surface area contributed by atoms with Crippen molar-refractivity contribution >= 4 is 65.4 Å². The monoisotopic (exact) mass is 923 g/mol. The SMILES string of the molecule is CC(C)C/C=C/C=C/c1ccccc1/C=C/C(=O)N[C@H](C)C(=O)N[C@@H]1COC(=O)[C@H]([C@H](C)C(=O)O)NC(=O)[C@H](CNC(=O)[C@@H](N)C(C)C)NC(=O)[C@H](C(C)C)NC(=O)[C@@H](CC(C)C)NC1=O. The fraction of sp³-hybridized carbons (Fsp3) is 0.553. The number of rotatable bonds is 18. The van der Waals surface area contributed by atoms with E-state index < -0.39 is 121 Å². The Labute approximate surface area is 387 Å². The van der Waals surface area contributed by atoms with Gasteiger partial charge in [-0.25, -0.2) is 4.79 Å². The molecule has 10 N–H and O–H groups in total. The van der Waals surface area contributed by atoms with Crippen LogP contribution in [0.4, 0.5) is 0 Å². The van der Waals surface area contributed by atoms with Gasteiger partial charge in [0.1, 0.15) is 42.9 Å². The third kappa shape index (κ3) is 18.6. The molecule has 1 aromatic carbocycles. The molecule has 19 nitrogen and oxygen atoms in total. The lowest BCUT2D eigenvalue weighted by Gasteiger charge is -2.30. The van der Waals surface area contributed by atoms with Crippen LogP contribution >= 0.6 is 0 Å². The summed E-state index contributed by atoms with van der Waals surface area (Å²) in [5.41, 5.74) is 7.53. The van der Waals surface area contributed by atoms with Gasteiger partial charge in [0.15, 0.2) is 0 Å². The summed E-state index contributed by atoms with van der Waals surface area (Å²) in [5.74, 6) is -11.1. The maximum absolute atomic E-state index is 14.0. The number of hydrogen-bond donors (Lipinski definition) is 9. The van der Waals surface area contributed by atoms with Gasteiger partial charge in [0.2, 0.25) is 41.4 Å². The maximum atomic E-state index is 14.0. The highest BCUT2D eigenvalue weighted by Gasteiger charge is 2.39. The molecular formula is C47H70N8O11. The van der Waals surface area contributed by atoms with E-state index in [-0.39, 0.29) is 18.3 Å². The average molecular weight is 923 g/mol. The topological polar surface area (TPSA) is 293 Å². The van der Waals surface area contributed by atoms with Crippen LogP contribution in [-0.4, -0.2) is 114 Å². The van der Waals surface area contributed by atoms with Gasteiger partial charge < -0.3 is 52.8 Å². The minimum absolute atomic E-state index is 0.0440. The molecule has 0 bridgehead atoms. The summed E-state index contributed by atoms with van der Waals surface area (Å²) in [7, 11) is 0. The molecule has 0 saturated carbocycles. The van der Waals surface area contributed by atoms with Crippen molar-refractivity contribution in [3.05, 3.63) is 59.7 Å². The zero-order chi connectivity index (χ0) is 49.8. The van der Waals surface area contributed by atoms with E-state index in [0.29, 0.717) is 5.92 Å². The number of ether oxygens (including phenoxy) is 1. The minimum atomic E-state index is -1.92. The van der Waals surface area contributed by atoms with Crippen molar-refractivity contribution in [3.63, 3.8) is 0 Å². The Balaban J connectivity index is 2.50. The van der Waals surface area contributed by atoms with Gasteiger partial charge in [0, 0.05) is 12.6 Å². The van der Waals surface area contributed by atoms with Crippen molar-refractivity contribution in [2.45, 2.75) is 124 Å². The van der Waals surface area contributed by atoms with Crippen LogP contribution in [0.3, 0.4) is 0 Å². The second-order valence-corrected chi connectivity index (χ2v) is 17.9. The van der Waals surface area contributed by atoms with Gasteiger partial charge >= 0.3 is 11.9 Å². The van der Waals surface area contributed by atoms with Crippen molar-refractivity contribution in [2.75, 3.05) is 13.2 Å². The molecule has 0 aromatic heterocycles. The number of nitrogens with two attached hydrogens (primary N) is 1. The summed E-state index contributed by atoms with van der Waals surface area (Å²) in [6, 6.07) is -2.78. The van der Waals surface area contributed by atoms with E-state index in [1.165, 1.54) is 13.0 Å². The van der Waals surface area contributed by atoms with Crippen LogP contribution < -0.4 is 43.0 Å². The van der Waals surface area contributed by atoms with Crippen molar-refractivity contribution < 1.29 is 53.0 Å². The third-order valence-electron chi connectivity index (χ3n) is 10.5. The molecule has 0 spiro atoms. The van der Waals surface area contributed by atoms with Crippen LogP contribution in [0, 0.1) is 29.6 Å². The van der Waals surface area contributed by atoms with Gasteiger partial charge in [0.05, 0.1) is 12.0 Å². The first-order valence-electron chi connectivity index (χ1n) is 22.3. The second kappa shape index (κ2) is 27.2. The molecule has 1 fully saturated rings. The van der Waals surface area contributed by atoms with Crippen LogP contribution in [-0.2, 0) is 47.9 Å². The summed E-state index contributed by atoms with van der Waals surface area (Å²) >= 11 is 0. The lowest BCUT2D eigenvalue weighted by Crippen LogP contribution is -2.63. The third-order valence-corrected chi connectivity index (χ3v) is 10.5. The maximum Gasteiger partial charge on any atom is 0.329 e. The molecule has 364 valence electrons. The molecule has 1 aliphatic rings. The Hall–Kier alpha value is -6.37. The Morgan fingerprint density at radius 2 is 1.35 bits per heavy atom. The quantitative estimate of drug-likeness (QED) is 0.0573. The van der Waals surface area contributed by atoms with Crippen LogP contribution in [0.25, 0.3) is 12.2 Å². The lowest BCUT2D eigenvalue weighted by atomic mass is 9.99. The highest BCUT2D eigenvalue weighted by Crippen LogP contribution is 2.14. The van der Waals surface area contributed by atoms with Crippen LogP contribution in [0.15, 0.2) is 48.6 Å². The molecule has 0 aliphatic carbocycles. The molecule has 1 saturated heterocycles. The molecule has 1 aliphatic heterocycles. The van der Waals surface area contributed by atoms with Gasteiger partial charge in [-0.15, -0.1) is 0 Å². The number of benzene rings is 1. The predicted octanol–water partition coefficient (Wildman–Crippen LogP) is 1.32. The number of esters is 1. The van der Waals surface area contributed by atoms with E-state index in [1.54, 1.807) is 47.6 Å². The Kier molecular flexibility index (Phi) is 23.0. The predicted molar refractivity (Wildman–Crippen MR) is 248 cm³/mol. The van der Waals surface area contributed by atoms with Crippen LogP contribution in [0.1, 0.15) is 93.2 Å². The van der Waals surface area contributed by atoms with Gasteiger partial charge in [-0.1, -0.05) is 104 Å². The average Bonchev–Trinajstić information content (AvgIpc) is 3.24. The molecule has 66 heavy (non-hydrogen) atoms. The summed E-state index contributed by atoms with van der Waals surface area (Å²) in [4.78, 5) is 121. The zero-order valence-corrected chi connectivity index (χ0v) is 39.6. The highest BCUT2D eigenvalue weighted by molar-refractivity contribution is 5.99. The number of amides is 7. The summed E-state index contributed by atoms with van der Waals surface area (Å²) in [6.45, 7) is 15.4. The molecule has 2 rings (SSSR count). The molecule has 19 heteroatoms. The van der Waals surface area contributed by atoms with E-state index in [1.807, 2.05) is 42.5 Å². The normalized spacial score (nSPS) is 21.9. The first-order chi connectivity index (χ1) is 30.9. The molecule has 0 unspecified atom stereocenters. The van der Waals surface area contributed by atoms with E-state index >= 15 is 0 Å². The summed E-state index contributed by atoms with van der Waals surface area (Å²) < 4.78 is 5.40. The Bertz CT molecular complexity index is 1980. The van der Waals surface area contributed by atoms with Crippen LogP contribution in [0.5, 0.6) is 0 Å². The van der Waals surface area contributed by atoms with Gasteiger partial charge in [0.25, 0.3) is 0 Å². The smallest absolute Gasteiger partial charge is 0.329 e. The van der Waals surface area contributed by atoms with Crippen molar-refractivity contribution in [1.82, 2.24) is 37.2 Å². The number of carbonyl (C=O) groups excluding carboxylic acids is 8. The second-order valence-electron chi connectivity index (χ2n) is 17.9. The summed E-state index contributed by atoms with van der Waals surface area (Å²) in [5, 5.41) is 27.4. The number of carbonyl (C=O) groups is 9. The molecule has 8 atom stereocenters. The van der Waals surface area contributed by atoms with Crippen molar-refractivity contribution in [3.8, 4) is 0 Å². The number of hydrogen-bond acceptors (Lipinski definition) is 11. The number of aliphatic carboxylic acids is 1. The van der Waals surface area contributed by atoms with Crippen molar-refractivity contribution in [1.29, 1.82) is 0 Å². The molecular weight excluding hydrogens is 853 g/mol. The standard InChI is InChI=1S/C47H70N8O11/c1-25(2)16-12-11-13-17-31-18-14-15-19-32(31)20-21-36(56)50-30(10)40(57)53-35-24-66-47(65)39(29(9)46(63)64)55-42(59)34(23-49-44(61)37(48)27(5)6)52-45(62)38(28(7)8)54-41(58)33(22-26(3)4)51-43(35)60/h11-15,17-21,25-30,33-35,37-39H,16,22-24,48H2,1-10H3,(H,49,61)(H,50,56)(H,51,60)(H,52,62)(H,53,57)(H,54,58)(H,55,59)(H,63,64)/b12-11+,17-13+,21-20+/t29-,30+,33+,34-,35+,37-,38-,39-/m0/s1. The fourth-order valence-corrected chi connectivity index (χ4v) is 6.27. The zero-order valence-electron chi connectivity index (χ0n) is 39.6. The number of allylic oxidation sites excluding steroid dienone is 3. The van der Waals surface area contributed by atoms with E-state index in [0.717, 1.165) is 24.5 Å². The number of nitrogens with one attached hydrogen (secondary N) is 7. The molecule has 7 amide bonds. The fourth-order valence-electron chi connectivity index (χ4n) is 6.27. The number of carboxylic acids is 1. The first-order valence-corrected chi connectivity index (χ1v) is 22.3. The summed E-state index contributed by atoms with van der Waals surface area (Å²) in [6.07, 6.45) is 11.6.